The molecule has 0 unspecified atom stereocenters. The van der Waals surface area contributed by atoms with Crippen LogP contribution in [-0.2, 0) is 9.53 Å². The first kappa shape index (κ1) is 15.0. The van der Waals surface area contributed by atoms with Gasteiger partial charge in [0, 0.05) is 19.2 Å². The van der Waals surface area contributed by atoms with Gasteiger partial charge in [-0.05, 0) is 17.7 Å². The zero-order chi connectivity index (χ0) is 15.1. The van der Waals surface area contributed by atoms with Crippen molar-refractivity contribution in [1.82, 2.24) is 4.90 Å². The molecule has 1 fully saturated rings. The van der Waals surface area contributed by atoms with Crippen LogP contribution in [0.15, 0.2) is 30.5 Å². The van der Waals surface area contributed by atoms with Crippen LogP contribution in [0.2, 0.25) is 0 Å². The van der Waals surface area contributed by atoms with Gasteiger partial charge in [-0.25, -0.2) is 0 Å². The predicted octanol–water partition coefficient (Wildman–Crippen LogP) is 1.17. The first-order valence-electron chi connectivity index (χ1n) is 6.55. The molecule has 1 aliphatic heterocycles. The van der Waals surface area contributed by atoms with Crippen LogP contribution in [0.1, 0.15) is 5.56 Å². The van der Waals surface area contributed by atoms with Gasteiger partial charge in [0.2, 0.25) is 6.20 Å². The van der Waals surface area contributed by atoms with E-state index in [9.17, 15) is 14.9 Å². The van der Waals surface area contributed by atoms with Crippen molar-refractivity contribution in [2.45, 2.75) is 0 Å². The van der Waals surface area contributed by atoms with Crippen LogP contribution in [0, 0.1) is 10.1 Å². The smallest absolute Gasteiger partial charge is 0.260 e. The summed E-state index contributed by atoms with van der Waals surface area (Å²) in [6, 6.07) is 6.72. The molecular formula is C14H16N2O5. The summed E-state index contributed by atoms with van der Waals surface area (Å²) in [6.45, 7) is 2.27. The third-order valence-electron chi connectivity index (χ3n) is 2.99. The molecule has 1 aliphatic rings. The van der Waals surface area contributed by atoms with Gasteiger partial charge in [-0.2, -0.15) is 0 Å². The second kappa shape index (κ2) is 7.39. The third kappa shape index (κ3) is 4.88. The van der Waals surface area contributed by atoms with Gasteiger partial charge in [0.25, 0.3) is 5.91 Å². The lowest BCUT2D eigenvalue weighted by molar-refractivity contribution is -0.400. The van der Waals surface area contributed by atoms with E-state index in [-0.39, 0.29) is 12.5 Å². The Morgan fingerprint density at radius 1 is 1.33 bits per heavy atom. The number of hydrogen-bond donors (Lipinski definition) is 0. The van der Waals surface area contributed by atoms with Crippen molar-refractivity contribution in [2.24, 2.45) is 0 Å². The first-order valence-corrected chi connectivity index (χ1v) is 6.55. The molecule has 0 bridgehead atoms. The van der Waals surface area contributed by atoms with Crippen molar-refractivity contribution in [3.63, 3.8) is 0 Å². The Morgan fingerprint density at radius 2 is 2.00 bits per heavy atom. The average molecular weight is 292 g/mol. The Morgan fingerprint density at radius 3 is 2.62 bits per heavy atom. The first-order chi connectivity index (χ1) is 10.1. The molecule has 7 nitrogen and oxygen atoms in total. The van der Waals surface area contributed by atoms with E-state index in [2.05, 4.69) is 0 Å². The SMILES string of the molecule is O=C(COc1ccc(/C=C/[N+](=O)[O-])cc1)N1CCOCC1. The second-order valence-corrected chi connectivity index (χ2v) is 4.45. The van der Waals surface area contributed by atoms with Crippen LogP contribution in [0.4, 0.5) is 0 Å². The van der Waals surface area contributed by atoms with E-state index < -0.39 is 4.92 Å². The van der Waals surface area contributed by atoms with Crippen molar-refractivity contribution < 1.29 is 19.2 Å². The minimum Gasteiger partial charge on any atom is -0.484 e. The molecule has 0 spiro atoms. The molecule has 0 atom stereocenters. The maximum atomic E-state index is 11.9. The van der Waals surface area contributed by atoms with E-state index in [0.717, 1.165) is 6.20 Å². The molecule has 1 aromatic carbocycles. The number of carbonyl (C=O) groups is 1. The van der Waals surface area contributed by atoms with E-state index in [1.54, 1.807) is 29.2 Å². The van der Waals surface area contributed by atoms with Crippen LogP contribution in [0.25, 0.3) is 6.08 Å². The van der Waals surface area contributed by atoms with Crippen LogP contribution >= 0.6 is 0 Å². The summed E-state index contributed by atoms with van der Waals surface area (Å²) >= 11 is 0. The fraction of sp³-hybridized carbons (Fsp3) is 0.357. The number of nitrogens with zero attached hydrogens (tertiary/aromatic N) is 2. The molecule has 0 aliphatic carbocycles. The zero-order valence-corrected chi connectivity index (χ0v) is 11.4. The molecule has 1 amide bonds. The average Bonchev–Trinajstić information content (AvgIpc) is 2.52. The van der Waals surface area contributed by atoms with E-state index in [1.165, 1.54) is 6.08 Å². The van der Waals surface area contributed by atoms with Crippen molar-refractivity contribution in [3.8, 4) is 5.75 Å². The highest BCUT2D eigenvalue weighted by Crippen LogP contribution is 2.13. The van der Waals surface area contributed by atoms with Crippen LogP contribution < -0.4 is 4.74 Å². The van der Waals surface area contributed by atoms with Gasteiger partial charge in [0.15, 0.2) is 6.61 Å². The second-order valence-electron chi connectivity index (χ2n) is 4.45. The lowest BCUT2D eigenvalue weighted by atomic mass is 10.2. The van der Waals surface area contributed by atoms with Crippen molar-refractivity contribution in [3.05, 3.63) is 46.1 Å². The highest BCUT2D eigenvalue weighted by molar-refractivity contribution is 5.77. The van der Waals surface area contributed by atoms with Crippen molar-refractivity contribution in [1.29, 1.82) is 0 Å². The molecule has 1 aromatic rings. The van der Waals surface area contributed by atoms with E-state index in [0.29, 0.717) is 37.6 Å². The van der Waals surface area contributed by atoms with Gasteiger partial charge >= 0.3 is 0 Å². The monoisotopic (exact) mass is 292 g/mol. The molecule has 1 heterocycles. The van der Waals surface area contributed by atoms with Gasteiger partial charge in [0.1, 0.15) is 5.75 Å². The van der Waals surface area contributed by atoms with Crippen molar-refractivity contribution in [2.75, 3.05) is 32.9 Å². The minimum absolute atomic E-state index is 0.0237. The summed E-state index contributed by atoms with van der Waals surface area (Å²) in [7, 11) is 0. The van der Waals surface area contributed by atoms with Gasteiger partial charge < -0.3 is 14.4 Å². The summed E-state index contributed by atoms with van der Waals surface area (Å²) < 4.78 is 10.6. The van der Waals surface area contributed by atoms with Gasteiger partial charge in [-0.15, -0.1) is 0 Å². The van der Waals surface area contributed by atoms with Gasteiger partial charge in [0.05, 0.1) is 18.1 Å². The Hall–Kier alpha value is -2.41. The summed E-state index contributed by atoms with van der Waals surface area (Å²) in [5.74, 6) is 0.477. The minimum atomic E-state index is -0.522. The number of rotatable bonds is 5. The summed E-state index contributed by atoms with van der Waals surface area (Å²) in [6.07, 6.45) is 2.26. The number of morpholine rings is 1. The Kier molecular flexibility index (Phi) is 5.28. The topological polar surface area (TPSA) is 81.9 Å². The molecule has 7 heteroatoms. The molecule has 112 valence electrons. The maximum absolute atomic E-state index is 11.9. The lowest BCUT2D eigenvalue weighted by Gasteiger charge is -2.26. The van der Waals surface area contributed by atoms with Crippen molar-refractivity contribution >= 4 is 12.0 Å². The quantitative estimate of drug-likeness (QED) is 0.601. The number of nitro groups is 1. The van der Waals surface area contributed by atoms with Gasteiger partial charge in [-0.3, -0.25) is 14.9 Å². The predicted molar refractivity (Wildman–Crippen MR) is 75.4 cm³/mol. The van der Waals surface area contributed by atoms with Crippen LogP contribution in [0.5, 0.6) is 5.75 Å². The molecule has 0 saturated carbocycles. The maximum Gasteiger partial charge on any atom is 0.260 e. The fourth-order valence-corrected chi connectivity index (χ4v) is 1.87. The number of benzene rings is 1. The number of carbonyl (C=O) groups excluding carboxylic acids is 1. The zero-order valence-electron chi connectivity index (χ0n) is 11.4. The highest BCUT2D eigenvalue weighted by Gasteiger charge is 2.16. The van der Waals surface area contributed by atoms with Crippen LogP contribution in [-0.4, -0.2) is 48.6 Å². The standard InChI is InChI=1S/C14H16N2O5/c17-14(15-7-9-20-10-8-15)11-21-13-3-1-12(2-4-13)5-6-16(18)19/h1-6H,7-11H2/b6-5+. The number of hydrogen-bond acceptors (Lipinski definition) is 5. The molecule has 0 N–H and O–H groups in total. The van der Waals surface area contributed by atoms with E-state index >= 15 is 0 Å². The fourth-order valence-electron chi connectivity index (χ4n) is 1.87. The molecule has 0 radical (unpaired) electrons. The number of ether oxygens (including phenoxy) is 2. The Balaban J connectivity index is 1.83. The molecule has 0 aromatic heterocycles. The lowest BCUT2D eigenvalue weighted by Crippen LogP contribution is -2.42. The van der Waals surface area contributed by atoms with Gasteiger partial charge in [-0.1, -0.05) is 12.1 Å². The molecule has 1 saturated heterocycles. The summed E-state index contributed by atoms with van der Waals surface area (Å²) in [5, 5.41) is 10.2. The largest absolute Gasteiger partial charge is 0.484 e. The normalized spacial score (nSPS) is 15.1. The summed E-state index contributed by atoms with van der Waals surface area (Å²) in [5.41, 5.74) is 0.693. The highest BCUT2D eigenvalue weighted by atomic mass is 16.6. The third-order valence-corrected chi connectivity index (χ3v) is 2.99. The van der Waals surface area contributed by atoms with Crippen LogP contribution in [0.3, 0.4) is 0 Å². The van der Waals surface area contributed by atoms with E-state index in [4.69, 9.17) is 9.47 Å². The van der Waals surface area contributed by atoms with E-state index in [1.807, 2.05) is 0 Å². The molecular weight excluding hydrogens is 276 g/mol. The molecule has 21 heavy (non-hydrogen) atoms. The summed E-state index contributed by atoms with van der Waals surface area (Å²) in [4.78, 5) is 23.3. The number of amides is 1. The Labute approximate surface area is 121 Å². The molecule has 2 rings (SSSR count). The Bertz CT molecular complexity index is 521.